The molecule has 0 spiro atoms. The van der Waals surface area contributed by atoms with Crippen LogP contribution in [0.4, 0.5) is 0 Å². The molecule has 1 aliphatic heterocycles. The van der Waals surface area contributed by atoms with E-state index in [1.165, 1.54) is 0 Å². The molecule has 13 heavy (non-hydrogen) atoms. The Bertz CT molecular complexity index is 192. The Kier molecular flexibility index (Phi) is 3.58. The number of rotatable bonds is 3. The molecule has 4 nitrogen and oxygen atoms in total. The van der Waals surface area contributed by atoms with Crippen molar-refractivity contribution < 1.29 is 15.0 Å². The molecule has 0 saturated carbocycles. The van der Waals surface area contributed by atoms with E-state index in [-0.39, 0.29) is 18.6 Å². The van der Waals surface area contributed by atoms with Crippen LogP contribution in [-0.2, 0) is 4.79 Å². The normalized spacial score (nSPS) is 30.1. The summed E-state index contributed by atoms with van der Waals surface area (Å²) in [6.45, 7) is 1.60. The van der Waals surface area contributed by atoms with E-state index in [2.05, 4.69) is 5.32 Å². The molecule has 1 rings (SSSR count). The molecule has 1 fully saturated rings. The quantitative estimate of drug-likeness (QED) is 0.573. The third-order valence-corrected chi connectivity index (χ3v) is 3.25. The minimum absolute atomic E-state index is 0.102. The van der Waals surface area contributed by atoms with Crippen LogP contribution in [0.3, 0.4) is 0 Å². The molecular formula is C8H15NO3S. The molecule has 0 radical (unpaired) electrons. The molecule has 1 aliphatic rings. The molecule has 1 amide bonds. The van der Waals surface area contributed by atoms with Gasteiger partial charge in [-0.25, -0.2) is 0 Å². The predicted molar refractivity (Wildman–Crippen MR) is 51.6 cm³/mol. The number of hydrogen-bond acceptors (Lipinski definition) is 4. The fraction of sp³-hybridized carbons (Fsp3) is 0.875. The standard InChI is InChI=1S/C8H15NO3S/c1-6(4-10)9-7(11)8(12)2-3-13-5-8/h6,10,12H,2-5H2,1H3,(H,9,11)/t6-,8?/m0/s1. The summed E-state index contributed by atoms with van der Waals surface area (Å²) in [4.78, 5) is 11.5. The highest BCUT2D eigenvalue weighted by molar-refractivity contribution is 7.99. The van der Waals surface area contributed by atoms with Crippen LogP contribution in [0.15, 0.2) is 0 Å². The summed E-state index contributed by atoms with van der Waals surface area (Å²) in [5.74, 6) is 0.910. The van der Waals surface area contributed by atoms with Gasteiger partial charge in [-0.3, -0.25) is 4.79 Å². The van der Waals surface area contributed by atoms with E-state index in [0.717, 1.165) is 5.75 Å². The lowest BCUT2D eigenvalue weighted by Crippen LogP contribution is -2.50. The van der Waals surface area contributed by atoms with Gasteiger partial charge in [0.25, 0.3) is 5.91 Å². The minimum Gasteiger partial charge on any atom is -0.394 e. The number of hydrogen-bond donors (Lipinski definition) is 3. The number of aliphatic hydroxyl groups is 2. The van der Waals surface area contributed by atoms with Crippen molar-refractivity contribution in [3.63, 3.8) is 0 Å². The Balaban J connectivity index is 2.46. The molecule has 76 valence electrons. The van der Waals surface area contributed by atoms with Crippen molar-refractivity contribution in [3.05, 3.63) is 0 Å². The Morgan fingerprint density at radius 1 is 1.77 bits per heavy atom. The van der Waals surface area contributed by atoms with Crippen LogP contribution in [0.25, 0.3) is 0 Å². The molecule has 0 aromatic rings. The highest BCUT2D eigenvalue weighted by Gasteiger charge is 2.39. The first kappa shape index (κ1) is 10.8. The zero-order valence-corrected chi connectivity index (χ0v) is 8.43. The van der Waals surface area contributed by atoms with Gasteiger partial charge in [-0.05, 0) is 19.1 Å². The molecule has 1 saturated heterocycles. The van der Waals surface area contributed by atoms with E-state index >= 15 is 0 Å². The largest absolute Gasteiger partial charge is 0.394 e. The third kappa shape index (κ3) is 2.59. The lowest BCUT2D eigenvalue weighted by Gasteiger charge is -2.22. The van der Waals surface area contributed by atoms with Gasteiger partial charge in [0.1, 0.15) is 0 Å². The Morgan fingerprint density at radius 3 is 2.92 bits per heavy atom. The monoisotopic (exact) mass is 205 g/mol. The minimum atomic E-state index is -1.21. The average molecular weight is 205 g/mol. The summed E-state index contributed by atoms with van der Waals surface area (Å²) in [5, 5.41) is 21.1. The molecule has 0 aliphatic carbocycles. The van der Waals surface area contributed by atoms with Gasteiger partial charge in [0.05, 0.1) is 6.61 Å². The van der Waals surface area contributed by atoms with E-state index in [1.807, 2.05) is 0 Å². The van der Waals surface area contributed by atoms with Crippen molar-refractivity contribution in [2.75, 3.05) is 18.1 Å². The zero-order valence-electron chi connectivity index (χ0n) is 7.62. The average Bonchev–Trinajstić information content (AvgIpc) is 2.53. The van der Waals surface area contributed by atoms with Crippen molar-refractivity contribution in [3.8, 4) is 0 Å². The molecule has 5 heteroatoms. The summed E-state index contributed by atoms with van der Waals surface area (Å²) in [6, 6.07) is -0.290. The topological polar surface area (TPSA) is 69.6 Å². The van der Waals surface area contributed by atoms with Crippen LogP contribution < -0.4 is 5.32 Å². The number of thioether (sulfide) groups is 1. The lowest BCUT2D eigenvalue weighted by molar-refractivity contribution is -0.138. The van der Waals surface area contributed by atoms with E-state index in [0.29, 0.717) is 12.2 Å². The first-order valence-corrected chi connectivity index (χ1v) is 5.46. The molecule has 0 aromatic heterocycles. The van der Waals surface area contributed by atoms with E-state index in [1.54, 1.807) is 18.7 Å². The maximum Gasteiger partial charge on any atom is 0.253 e. The van der Waals surface area contributed by atoms with Crippen LogP contribution in [0, 0.1) is 0 Å². The van der Waals surface area contributed by atoms with Crippen LogP contribution in [0.1, 0.15) is 13.3 Å². The Labute approximate surface area is 81.7 Å². The molecule has 0 aromatic carbocycles. The van der Waals surface area contributed by atoms with Crippen molar-refractivity contribution in [1.29, 1.82) is 0 Å². The lowest BCUT2D eigenvalue weighted by atomic mass is 10.0. The van der Waals surface area contributed by atoms with Gasteiger partial charge in [-0.2, -0.15) is 11.8 Å². The van der Waals surface area contributed by atoms with Crippen LogP contribution in [-0.4, -0.2) is 45.9 Å². The molecule has 0 bridgehead atoms. The summed E-state index contributed by atoms with van der Waals surface area (Å²) in [7, 11) is 0. The summed E-state index contributed by atoms with van der Waals surface area (Å²) in [6.07, 6.45) is 0.502. The second kappa shape index (κ2) is 4.30. The van der Waals surface area contributed by atoms with Crippen LogP contribution >= 0.6 is 11.8 Å². The molecule has 2 atom stereocenters. The number of carbonyl (C=O) groups excluding carboxylic acids is 1. The van der Waals surface area contributed by atoms with E-state index in [9.17, 15) is 9.90 Å². The van der Waals surface area contributed by atoms with Gasteiger partial charge in [0, 0.05) is 11.8 Å². The third-order valence-electron chi connectivity index (χ3n) is 2.07. The SMILES string of the molecule is C[C@@H](CO)NC(=O)C1(O)CCSC1. The van der Waals surface area contributed by atoms with Gasteiger partial charge in [0.2, 0.25) is 0 Å². The van der Waals surface area contributed by atoms with Crippen LogP contribution in [0.2, 0.25) is 0 Å². The molecular weight excluding hydrogens is 190 g/mol. The predicted octanol–water partition coefficient (Wildman–Crippen LogP) is -0.649. The smallest absolute Gasteiger partial charge is 0.253 e. The fourth-order valence-corrected chi connectivity index (χ4v) is 2.38. The van der Waals surface area contributed by atoms with Crippen molar-refractivity contribution >= 4 is 17.7 Å². The number of nitrogens with one attached hydrogen (secondary N) is 1. The Morgan fingerprint density at radius 2 is 2.46 bits per heavy atom. The first-order valence-electron chi connectivity index (χ1n) is 4.30. The molecule has 1 heterocycles. The maximum absolute atomic E-state index is 11.5. The van der Waals surface area contributed by atoms with Gasteiger partial charge >= 0.3 is 0 Å². The Hall–Kier alpha value is -0.260. The van der Waals surface area contributed by atoms with Crippen molar-refractivity contribution in [1.82, 2.24) is 5.32 Å². The van der Waals surface area contributed by atoms with Crippen molar-refractivity contribution in [2.45, 2.75) is 25.0 Å². The van der Waals surface area contributed by atoms with E-state index in [4.69, 9.17) is 5.11 Å². The molecule has 1 unspecified atom stereocenters. The van der Waals surface area contributed by atoms with Gasteiger partial charge in [-0.1, -0.05) is 0 Å². The zero-order chi connectivity index (χ0) is 9.90. The number of aliphatic hydroxyl groups excluding tert-OH is 1. The second-order valence-electron chi connectivity index (χ2n) is 3.39. The molecule has 3 N–H and O–H groups in total. The summed E-state index contributed by atoms with van der Waals surface area (Å²) in [5.41, 5.74) is -1.21. The summed E-state index contributed by atoms with van der Waals surface area (Å²) < 4.78 is 0. The van der Waals surface area contributed by atoms with Gasteiger partial charge in [0.15, 0.2) is 5.60 Å². The van der Waals surface area contributed by atoms with Gasteiger partial charge < -0.3 is 15.5 Å². The highest BCUT2D eigenvalue weighted by atomic mass is 32.2. The van der Waals surface area contributed by atoms with Crippen molar-refractivity contribution in [2.24, 2.45) is 0 Å². The summed E-state index contributed by atoms with van der Waals surface area (Å²) >= 11 is 1.57. The van der Waals surface area contributed by atoms with E-state index < -0.39 is 5.60 Å². The first-order chi connectivity index (χ1) is 6.08. The number of amides is 1. The van der Waals surface area contributed by atoms with Gasteiger partial charge in [-0.15, -0.1) is 0 Å². The second-order valence-corrected chi connectivity index (χ2v) is 4.50. The van der Waals surface area contributed by atoms with Crippen LogP contribution in [0.5, 0.6) is 0 Å². The fourth-order valence-electron chi connectivity index (χ4n) is 1.14. The number of carbonyl (C=O) groups is 1. The maximum atomic E-state index is 11.5. The highest BCUT2D eigenvalue weighted by Crippen LogP contribution is 2.27.